The van der Waals surface area contributed by atoms with E-state index < -0.39 is 10.0 Å². The highest BCUT2D eigenvalue weighted by atomic mass is 79.9. The number of rotatable bonds is 5. The number of hydrogen-bond donors (Lipinski definition) is 2. The number of hydrogen-bond acceptors (Lipinski definition) is 4. The molecule has 0 aliphatic heterocycles. The highest BCUT2D eigenvalue weighted by Crippen LogP contribution is 2.24. The zero-order valence-electron chi connectivity index (χ0n) is 10.8. The number of nitrogens with one attached hydrogen (secondary N) is 2. The molecule has 7 heteroatoms. The minimum atomic E-state index is -3.27. The van der Waals surface area contributed by atoms with Crippen LogP contribution in [0.2, 0.25) is 0 Å². The van der Waals surface area contributed by atoms with E-state index in [-0.39, 0.29) is 5.75 Å². The Morgan fingerprint density at radius 1 is 1.20 bits per heavy atom. The number of sulfonamides is 1. The summed E-state index contributed by atoms with van der Waals surface area (Å²) >= 11 is 3.44. The second-order valence-electron chi connectivity index (χ2n) is 4.04. The van der Waals surface area contributed by atoms with Crippen LogP contribution in [0.15, 0.2) is 47.1 Å². The molecule has 2 N–H and O–H groups in total. The summed E-state index contributed by atoms with van der Waals surface area (Å²) in [5.74, 6) is 0.667. The van der Waals surface area contributed by atoms with Crippen LogP contribution in [0.3, 0.4) is 0 Å². The van der Waals surface area contributed by atoms with Crippen LogP contribution in [0, 0.1) is 0 Å². The van der Waals surface area contributed by atoms with E-state index in [9.17, 15) is 8.42 Å². The molecule has 0 aliphatic rings. The molecule has 106 valence electrons. The van der Waals surface area contributed by atoms with Crippen LogP contribution in [0.5, 0.6) is 0 Å². The quantitative estimate of drug-likeness (QED) is 0.862. The normalized spacial score (nSPS) is 11.1. The van der Waals surface area contributed by atoms with Crippen molar-refractivity contribution in [2.24, 2.45) is 0 Å². The van der Waals surface area contributed by atoms with E-state index in [0.717, 1.165) is 10.2 Å². The lowest BCUT2D eigenvalue weighted by Crippen LogP contribution is -2.14. The Labute approximate surface area is 126 Å². The van der Waals surface area contributed by atoms with Gasteiger partial charge in [0.15, 0.2) is 0 Å². The maximum atomic E-state index is 11.4. The van der Waals surface area contributed by atoms with Gasteiger partial charge < -0.3 is 5.32 Å². The molecule has 1 aromatic carbocycles. The van der Waals surface area contributed by atoms with Gasteiger partial charge >= 0.3 is 0 Å². The summed E-state index contributed by atoms with van der Waals surface area (Å²) in [6, 6.07) is 11.1. The summed E-state index contributed by atoms with van der Waals surface area (Å²) in [7, 11) is -3.27. The molecule has 1 heterocycles. The Morgan fingerprint density at radius 2 is 1.95 bits per heavy atom. The molecule has 0 radical (unpaired) electrons. The van der Waals surface area contributed by atoms with Crippen LogP contribution >= 0.6 is 15.9 Å². The summed E-state index contributed by atoms with van der Waals surface area (Å²) in [6.45, 7) is 1.58. The average Bonchev–Trinajstić information content (AvgIpc) is 2.43. The lowest BCUT2D eigenvalue weighted by molar-refractivity contribution is 0.602. The highest BCUT2D eigenvalue weighted by molar-refractivity contribution is 9.10. The number of aromatic nitrogens is 1. The molecule has 0 atom stereocenters. The van der Waals surface area contributed by atoms with E-state index in [4.69, 9.17) is 0 Å². The molecule has 5 nitrogen and oxygen atoms in total. The minimum Gasteiger partial charge on any atom is -0.339 e. The third-order valence-corrected chi connectivity index (χ3v) is 4.55. The van der Waals surface area contributed by atoms with E-state index in [1.807, 2.05) is 24.3 Å². The second-order valence-corrected chi connectivity index (χ2v) is 6.91. The first-order valence-corrected chi connectivity index (χ1v) is 8.43. The SMILES string of the molecule is CCS(=O)(=O)Nc1ccc(Nc2ccccc2Br)nc1. The zero-order valence-corrected chi connectivity index (χ0v) is 13.2. The van der Waals surface area contributed by atoms with Crippen LogP contribution in [0.4, 0.5) is 17.2 Å². The van der Waals surface area contributed by atoms with Crippen LogP contribution in [0.25, 0.3) is 0 Å². The lowest BCUT2D eigenvalue weighted by atomic mass is 10.3. The van der Waals surface area contributed by atoms with E-state index in [1.165, 1.54) is 6.20 Å². The molecular weight excluding hydrogens is 342 g/mol. The predicted molar refractivity (Wildman–Crippen MR) is 84.7 cm³/mol. The van der Waals surface area contributed by atoms with Gasteiger partial charge in [-0.05, 0) is 47.1 Å². The summed E-state index contributed by atoms with van der Waals surface area (Å²) in [6.07, 6.45) is 1.48. The van der Waals surface area contributed by atoms with E-state index in [0.29, 0.717) is 11.5 Å². The zero-order chi connectivity index (χ0) is 14.6. The van der Waals surface area contributed by atoms with E-state index >= 15 is 0 Å². The summed E-state index contributed by atoms with van der Waals surface area (Å²) < 4.78 is 26.2. The largest absolute Gasteiger partial charge is 0.339 e. The fraction of sp³-hybridized carbons (Fsp3) is 0.154. The third-order valence-electron chi connectivity index (χ3n) is 2.55. The van der Waals surface area contributed by atoms with E-state index in [2.05, 4.69) is 31.0 Å². The van der Waals surface area contributed by atoms with Crippen molar-refractivity contribution >= 4 is 43.1 Å². The first-order chi connectivity index (χ1) is 9.50. The van der Waals surface area contributed by atoms with Crippen molar-refractivity contribution in [3.8, 4) is 0 Å². The molecule has 0 fully saturated rings. The summed E-state index contributed by atoms with van der Waals surface area (Å²) in [5.41, 5.74) is 1.34. The van der Waals surface area contributed by atoms with Gasteiger partial charge in [0, 0.05) is 4.47 Å². The Balaban J connectivity index is 2.11. The monoisotopic (exact) mass is 355 g/mol. The molecule has 1 aromatic heterocycles. The van der Waals surface area contributed by atoms with Crippen LogP contribution in [-0.2, 0) is 10.0 Å². The van der Waals surface area contributed by atoms with Crippen molar-refractivity contribution in [1.29, 1.82) is 0 Å². The van der Waals surface area contributed by atoms with Crippen LogP contribution < -0.4 is 10.0 Å². The van der Waals surface area contributed by atoms with Crippen LogP contribution in [0.1, 0.15) is 6.92 Å². The van der Waals surface area contributed by atoms with E-state index in [1.54, 1.807) is 19.1 Å². The molecule has 0 spiro atoms. The molecule has 0 unspecified atom stereocenters. The first kappa shape index (κ1) is 14.8. The topological polar surface area (TPSA) is 71.1 Å². The highest BCUT2D eigenvalue weighted by Gasteiger charge is 2.07. The number of anilines is 3. The molecule has 0 aliphatic carbocycles. The van der Waals surface area contributed by atoms with Gasteiger partial charge in [-0.1, -0.05) is 12.1 Å². The average molecular weight is 356 g/mol. The molecule has 2 rings (SSSR count). The predicted octanol–water partition coefficient (Wildman–Crippen LogP) is 3.35. The standard InChI is InChI=1S/C13H14BrN3O2S/c1-2-20(18,19)17-10-7-8-13(15-9-10)16-12-6-4-3-5-11(12)14/h3-9,17H,2H2,1H3,(H,15,16). The fourth-order valence-electron chi connectivity index (χ4n) is 1.48. The Hall–Kier alpha value is -1.60. The smallest absolute Gasteiger partial charge is 0.232 e. The number of nitrogens with zero attached hydrogens (tertiary/aromatic N) is 1. The second kappa shape index (κ2) is 6.23. The number of para-hydroxylation sites is 1. The Kier molecular flexibility index (Phi) is 4.61. The van der Waals surface area contributed by atoms with Crippen LogP contribution in [-0.4, -0.2) is 19.2 Å². The van der Waals surface area contributed by atoms with Gasteiger partial charge in [-0.15, -0.1) is 0 Å². The maximum Gasteiger partial charge on any atom is 0.232 e. The third kappa shape index (κ3) is 3.94. The van der Waals surface area contributed by atoms with Crippen molar-refractivity contribution in [2.75, 3.05) is 15.8 Å². The molecule has 0 saturated heterocycles. The lowest BCUT2D eigenvalue weighted by Gasteiger charge is -2.09. The van der Waals surface area contributed by atoms with Gasteiger partial charge in [0.2, 0.25) is 10.0 Å². The van der Waals surface area contributed by atoms with Crippen molar-refractivity contribution in [3.05, 3.63) is 47.1 Å². The Bertz CT molecular complexity index is 687. The van der Waals surface area contributed by atoms with Gasteiger partial charge in [0.05, 0.1) is 23.3 Å². The van der Waals surface area contributed by atoms with Gasteiger partial charge in [0.1, 0.15) is 5.82 Å². The fourth-order valence-corrected chi connectivity index (χ4v) is 2.49. The molecule has 0 saturated carbocycles. The molecular formula is C13H14BrN3O2S. The van der Waals surface area contributed by atoms with Gasteiger partial charge in [-0.3, -0.25) is 4.72 Å². The molecule has 0 bridgehead atoms. The Morgan fingerprint density at radius 3 is 2.55 bits per heavy atom. The molecule has 0 amide bonds. The van der Waals surface area contributed by atoms with Crippen molar-refractivity contribution in [1.82, 2.24) is 4.98 Å². The first-order valence-electron chi connectivity index (χ1n) is 5.98. The molecule has 20 heavy (non-hydrogen) atoms. The molecule has 2 aromatic rings. The van der Waals surface area contributed by atoms with Crippen molar-refractivity contribution in [2.45, 2.75) is 6.92 Å². The number of pyridine rings is 1. The maximum absolute atomic E-state index is 11.4. The van der Waals surface area contributed by atoms with Gasteiger partial charge in [-0.2, -0.15) is 0 Å². The van der Waals surface area contributed by atoms with Gasteiger partial charge in [-0.25, -0.2) is 13.4 Å². The summed E-state index contributed by atoms with van der Waals surface area (Å²) in [4.78, 5) is 4.17. The van der Waals surface area contributed by atoms with Crippen molar-refractivity contribution < 1.29 is 8.42 Å². The van der Waals surface area contributed by atoms with Gasteiger partial charge in [0.25, 0.3) is 0 Å². The van der Waals surface area contributed by atoms with Crippen molar-refractivity contribution in [3.63, 3.8) is 0 Å². The number of halogens is 1. The minimum absolute atomic E-state index is 0.0317. The number of benzene rings is 1. The summed E-state index contributed by atoms with van der Waals surface area (Å²) in [5, 5.41) is 3.14.